The van der Waals surface area contributed by atoms with E-state index in [9.17, 15) is 0 Å². The van der Waals surface area contributed by atoms with Crippen LogP contribution in [0.25, 0.3) is 0 Å². The van der Waals surface area contributed by atoms with Gasteiger partial charge in [-0.1, -0.05) is 43.9 Å². The van der Waals surface area contributed by atoms with Crippen LogP contribution in [0.15, 0.2) is 24.3 Å². The molecule has 0 atom stereocenters. The lowest BCUT2D eigenvalue weighted by Crippen LogP contribution is -1.83. The molecular formula is C13H16. The summed E-state index contributed by atoms with van der Waals surface area (Å²) in [6.07, 6.45) is 0.980. The largest absolute Gasteiger partial charge is 0.0976 e. The Labute approximate surface area is 81.0 Å². The summed E-state index contributed by atoms with van der Waals surface area (Å²) >= 11 is 0. The molecule has 0 nitrogen and oxygen atoms in total. The molecule has 0 aliphatic carbocycles. The first-order valence-corrected chi connectivity index (χ1v) is 4.74. The van der Waals surface area contributed by atoms with Crippen LogP contribution in [0.4, 0.5) is 0 Å². The van der Waals surface area contributed by atoms with Crippen LogP contribution in [-0.2, 0) is 0 Å². The maximum absolute atomic E-state index is 3.19. The molecule has 0 unspecified atom stereocenters. The van der Waals surface area contributed by atoms with Gasteiger partial charge in [0.1, 0.15) is 0 Å². The van der Waals surface area contributed by atoms with E-state index < -0.39 is 0 Å². The molecule has 0 saturated heterocycles. The van der Waals surface area contributed by atoms with E-state index in [4.69, 9.17) is 0 Å². The predicted octanol–water partition coefficient (Wildman–Crippen LogP) is 3.39. The van der Waals surface area contributed by atoms with Crippen LogP contribution < -0.4 is 0 Å². The Balaban J connectivity index is 2.72. The van der Waals surface area contributed by atoms with Crippen LogP contribution in [0, 0.1) is 24.7 Å². The normalized spacial score (nSPS) is 9.54. The zero-order valence-corrected chi connectivity index (χ0v) is 8.59. The molecule has 0 heteroatoms. The lowest BCUT2D eigenvalue weighted by molar-refractivity contribution is 0.676. The summed E-state index contributed by atoms with van der Waals surface area (Å²) in [7, 11) is 0. The van der Waals surface area contributed by atoms with Gasteiger partial charge in [0.05, 0.1) is 0 Å². The quantitative estimate of drug-likeness (QED) is 0.570. The van der Waals surface area contributed by atoms with E-state index in [-0.39, 0.29) is 0 Å². The fourth-order valence-electron chi connectivity index (χ4n) is 1.06. The summed E-state index contributed by atoms with van der Waals surface area (Å²) in [4.78, 5) is 0. The van der Waals surface area contributed by atoms with Gasteiger partial charge in [-0.05, 0) is 24.5 Å². The van der Waals surface area contributed by atoms with Gasteiger partial charge in [-0.15, -0.1) is 0 Å². The van der Waals surface area contributed by atoms with Gasteiger partial charge in [0.2, 0.25) is 0 Å². The lowest BCUT2D eigenvalue weighted by atomic mass is 10.1. The fraction of sp³-hybridized carbons (Fsp3) is 0.385. The zero-order chi connectivity index (χ0) is 9.68. The van der Waals surface area contributed by atoms with E-state index in [1.54, 1.807) is 0 Å². The zero-order valence-electron chi connectivity index (χ0n) is 8.59. The van der Waals surface area contributed by atoms with Crippen LogP contribution in [-0.4, -0.2) is 0 Å². The highest BCUT2D eigenvalue weighted by atomic mass is 13.9. The topological polar surface area (TPSA) is 0 Å². The van der Waals surface area contributed by atoms with Crippen LogP contribution in [0.3, 0.4) is 0 Å². The highest BCUT2D eigenvalue weighted by Gasteiger charge is 1.91. The van der Waals surface area contributed by atoms with Gasteiger partial charge in [-0.3, -0.25) is 0 Å². The van der Waals surface area contributed by atoms with Crippen molar-refractivity contribution < 1.29 is 0 Å². The molecule has 0 aliphatic heterocycles. The molecule has 0 heterocycles. The second-order valence-electron chi connectivity index (χ2n) is 3.71. The molecule has 0 N–H and O–H groups in total. The van der Waals surface area contributed by atoms with Gasteiger partial charge < -0.3 is 0 Å². The highest BCUT2D eigenvalue weighted by Crippen LogP contribution is 2.05. The second-order valence-corrected chi connectivity index (χ2v) is 3.71. The first kappa shape index (κ1) is 9.86. The van der Waals surface area contributed by atoms with Crippen molar-refractivity contribution in [1.29, 1.82) is 0 Å². The minimum atomic E-state index is 0.663. The Hall–Kier alpha value is -1.22. The molecule has 0 spiro atoms. The van der Waals surface area contributed by atoms with Gasteiger partial charge in [-0.25, -0.2) is 0 Å². The Bertz CT molecular complexity index is 323. The van der Waals surface area contributed by atoms with E-state index in [1.165, 1.54) is 5.56 Å². The van der Waals surface area contributed by atoms with Gasteiger partial charge in [0.25, 0.3) is 0 Å². The van der Waals surface area contributed by atoms with Gasteiger partial charge in [-0.2, -0.15) is 0 Å². The molecule has 0 aromatic heterocycles. The minimum Gasteiger partial charge on any atom is -0.0976 e. The summed E-state index contributed by atoms with van der Waals surface area (Å²) < 4.78 is 0. The van der Waals surface area contributed by atoms with Crippen LogP contribution in [0.2, 0.25) is 0 Å². The Morgan fingerprint density at radius 2 is 1.92 bits per heavy atom. The van der Waals surface area contributed by atoms with Crippen LogP contribution in [0.5, 0.6) is 0 Å². The van der Waals surface area contributed by atoms with Crippen molar-refractivity contribution >= 4 is 0 Å². The summed E-state index contributed by atoms with van der Waals surface area (Å²) in [6, 6.07) is 8.25. The average Bonchev–Trinajstić information content (AvgIpc) is 2.08. The van der Waals surface area contributed by atoms with Crippen molar-refractivity contribution in [3.05, 3.63) is 35.4 Å². The van der Waals surface area contributed by atoms with E-state index >= 15 is 0 Å². The first-order valence-electron chi connectivity index (χ1n) is 4.74. The summed E-state index contributed by atoms with van der Waals surface area (Å²) in [5, 5.41) is 0. The third kappa shape index (κ3) is 3.34. The third-order valence-corrected chi connectivity index (χ3v) is 1.88. The van der Waals surface area contributed by atoms with Crippen molar-refractivity contribution in [3.63, 3.8) is 0 Å². The number of benzene rings is 1. The molecule has 1 aromatic rings. The van der Waals surface area contributed by atoms with E-state index in [0.29, 0.717) is 5.92 Å². The van der Waals surface area contributed by atoms with Gasteiger partial charge >= 0.3 is 0 Å². The van der Waals surface area contributed by atoms with Crippen molar-refractivity contribution in [3.8, 4) is 11.8 Å². The van der Waals surface area contributed by atoms with Crippen LogP contribution >= 0.6 is 0 Å². The number of aryl methyl sites for hydroxylation is 1. The summed E-state index contributed by atoms with van der Waals surface area (Å²) in [5.41, 5.74) is 2.42. The van der Waals surface area contributed by atoms with Gasteiger partial charge in [0, 0.05) is 12.0 Å². The molecule has 0 amide bonds. The second kappa shape index (κ2) is 4.72. The third-order valence-electron chi connectivity index (χ3n) is 1.88. The Kier molecular flexibility index (Phi) is 3.58. The smallest absolute Gasteiger partial charge is 0.0274 e. The van der Waals surface area contributed by atoms with Crippen LogP contribution in [0.1, 0.15) is 31.4 Å². The van der Waals surface area contributed by atoms with Crippen molar-refractivity contribution in [2.45, 2.75) is 27.2 Å². The van der Waals surface area contributed by atoms with Crippen molar-refractivity contribution in [1.82, 2.24) is 0 Å². The lowest BCUT2D eigenvalue weighted by Gasteiger charge is -1.96. The molecular weight excluding hydrogens is 156 g/mol. The standard InChI is InChI=1S/C13H16/c1-11(2)7-6-10-13-9-5-4-8-12(13)3/h4-5,8-9,11H,7H2,1-3H3. The molecule has 0 bridgehead atoms. The molecule has 13 heavy (non-hydrogen) atoms. The minimum absolute atomic E-state index is 0.663. The highest BCUT2D eigenvalue weighted by molar-refractivity contribution is 5.40. The van der Waals surface area contributed by atoms with Gasteiger partial charge in [0.15, 0.2) is 0 Å². The molecule has 0 radical (unpaired) electrons. The summed E-state index contributed by atoms with van der Waals surface area (Å²) in [5.74, 6) is 7.05. The first-order chi connectivity index (χ1) is 6.20. The molecule has 0 saturated carbocycles. The number of rotatable bonds is 1. The maximum atomic E-state index is 3.19. The number of hydrogen-bond donors (Lipinski definition) is 0. The van der Waals surface area contributed by atoms with E-state index in [1.807, 2.05) is 12.1 Å². The average molecular weight is 172 g/mol. The fourth-order valence-corrected chi connectivity index (χ4v) is 1.06. The molecule has 0 aliphatic rings. The van der Waals surface area contributed by atoms with E-state index in [0.717, 1.165) is 12.0 Å². The molecule has 1 rings (SSSR count). The van der Waals surface area contributed by atoms with E-state index in [2.05, 4.69) is 44.7 Å². The Morgan fingerprint density at radius 1 is 1.23 bits per heavy atom. The molecule has 0 fully saturated rings. The monoisotopic (exact) mass is 172 g/mol. The number of hydrogen-bond acceptors (Lipinski definition) is 0. The predicted molar refractivity (Wildman–Crippen MR) is 57.5 cm³/mol. The van der Waals surface area contributed by atoms with Crippen molar-refractivity contribution in [2.24, 2.45) is 5.92 Å². The molecule has 68 valence electrons. The molecule has 1 aromatic carbocycles. The summed E-state index contributed by atoms with van der Waals surface area (Å²) in [6.45, 7) is 6.47. The SMILES string of the molecule is Cc1ccccc1C#CCC(C)C. The Morgan fingerprint density at radius 3 is 2.54 bits per heavy atom. The van der Waals surface area contributed by atoms with Crippen molar-refractivity contribution in [2.75, 3.05) is 0 Å². The maximum Gasteiger partial charge on any atom is 0.0274 e.